The zero-order chi connectivity index (χ0) is 31.3. The van der Waals surface area contributed by atoms with Crippen molar-refractivity contribution >= 4 is 73.8 Å². The second kappa shape index (κ2) is 9.88. The molecule has 0 bridgehead atoms. The first-order chi connectivity index (χ1) is 23.8. The summed E-state index contributed by atoms with van der Waals surface area (Å²) in [6.07, 6.45) is 0. The summed E-state index contributed by atoms with van der Waals surface area (Å²) in [5.41, 5.74) is 8.27. The van der Waals surface area contributed by atoms with E-state index in [1.165, 1.54) is 73.4 Å². The van der Waals surface area contributed by atoms with Crippen molar-refractivity contribution in [3.05, 3.63) is 140 Å². The van der Waals surface area contributed by atoms with Crippen LogP contribution in [0.2, 0.25) is 0 Å². The summed E-state index contributed by atoms with van der Waals surface area (Å²) in [6.45, 7) is 0. The molecular weight excluding hydrogens is 623 g/mol. The van der Waals surface area contributed by atoms with Crippen LogP contribution < -0.4 is 0 Å². The van der Waals surface area contributed by atoms with E-state index in [9.17, 15) is 0 Å². The molecule has 0 aliphatic heterocycles. The highest BCUT2D eigenvalue weighted by atomic mass is 32.1. The predicted molar refractivity (Wildman–Crippen MR) is 204 cm³/mol. The minimum Gasteiger partial charge on any atom is -0.208 e. The lowest BCUT2D eigenvalue weighted by molar-refractivity contribution is 1.08. The van der Waals surface area contributed by atoms with Gasteiger partial charge in [0.1, 0.15) is 0 Å². The number of benzene rings is 7. The molecule has 11 rings (SSSR count). The monoisotopic (exact) mass is 645 g/mol. The number of fused-ring (bicyclic) bond motifs is 10. The second-order valence-corrected chi connectivity index (χ2v) is 14.5. The fourth-order valence-electron chi connectivity index (χ4n) is 7.55. The van der Waals surface area contributed by atoms with Gasteiger partial charge in [0.25, 0.3) is 0 Å². The van der Waals surface area contributed by atoms with Gasteiger partial charge in [-0.2, -0.15) is 0 Å². The molecule has 7 aromatic carbocycles. The Morgan fingerprint density at radius 3 is 1.96 bits per heavy atom. The van der Waals surface area contributed by atoms with Crippen molar-refractivity contribution in [1.29, 1.82) is 0 Å². The number of aromatic nitrogens is 3. The van der Waals surface area contributed by atoms with Gasteiger partial charge < -0.3 is 0 Å². The molecule has 0 N–H and O–H groups in total. The molecule has 0 spiro atoms. The average Bonchev–Trinajstić information content (AvgIpc) is 3.82. The molecule has 222 valence electrons. The molecule has 1 aliphatic rings. The smallest absolute Gasteiger partial charge is 0.164 e. The predicted octanol–water partition coefficient (Wildman–Crippen LogP) is 12.4. The summed E-state index contributed by atoms with van der Waals surface area (Å²) in [5.74, 6) is 2.04. The zero-order valence-electron chi connectivity index (χ0n) is 25.4. The van der Waals surface area contributed by atoms with E-state index in [1.807, 2.05) is 40.9 Å². The van der Waals surface area contributed by atoms with Gasteiger partial charge in [-0.15, -0.1) is 22.7 Å². The third-order valence-electron chi connectivity index (χ3n) is 9.67. The van der Waals surface area contributed by atoms with Crippen LogP contribution in [-0.2, 0) is 0 Å². The summed E-state index contributed by atoms with van der Waals surface area (Å²) >= 11 is 3.68. The lowest BCUT2D eigenvalue weighted by Crippen LogP contribution is -2.00. The van der Waals surface area contributed by atoms with Gasteiger partial charge in [0, 0.05) is 62.6 Å². The van der Waals surface area contributed by atoms with Crippen molar-refractivity contribution in [3.8, 4) is 56.4 Å². The van der Waals surface area contributed by atoms with Crippen LogP contribution >= 0.6 is 22.7 Å². The molecule has 3 heterocycles. The average molecular weight is 646 g/mol. The fraction of sp³-hybridized carbons (Fsp3) is 0. The van der Waals surface area contributed by atoms with Crippen molar-refractivity contribution < 1.29 is 0 Å². The fourth-order valence-corrected chi connectivity index (χ4v) is 9.98. The van der Waals surface area contributed by atoms with E-state index in [2.05, 4.69) is 121 Å². The summed E-state index contributed by atoms with van der Waals surface area (Å²) in [5, 5.41) is 7.62. The van der Waals surface area contributed by atoms with Crippen molar-refractivity contribution in [3.63, 3.8) is 0 Å². The van der Waals surface area contributed by atoms with Crippen LogP contribution in [-0.4, -0.2) is 15.0 Å². The third kappa shape index (κ3) is 3.71. The van der Waals surface area contributed by atoms with Gasteiger partial charge in [-0.3, -0.25) is 0 Å². The van der Waals surface area contributed by atoms with Crippen LogP contribution in [0.5, 0.6) is 0 Å². The Kier molecular flexibility index (Phi) is 5.42. The maximum absolute atomic E-state index is 5.22. The van der Waals surface area contributed by atoms with Crippen LogP contribution in [0.1, 0.15) is 0 Å². The molecule has 0 saturated heterocycles. The number of thiophene rings is 2. The molecule has 0 fully saturated rings. The Balaban J connectivity index is 1.16. The summed E-state index contributed by atoms with van der Waals surface area (Å²) in [6, 6.07) is 49.9. The lowest BCUT2D eigenvalue weighted by Gasteiger charge is -2.10. The molecule has 3 nitrogen and oxygen atoms in total. The number of rotatable bonds is 3. The maximum Gasteiger partial charge on any atom is 0.164 e. The van der Waals surface area contributed by atoms with Crippen LogP contribution in [0.3, 0.4) is 0 Å². The molecule has 1 aliphatic carbocycles. The van der Waals surface area contributed by atoms with E-state index >= 15 is 0 Å². The Morgan fingerprint density at radius 2 is 1.06 bits per heavy atom. The van der Waals surface area contributed by atoms with Crippen LogP contribution in [0.25, 0.3) is 108 Å². The second-order valence-electron chi connectivity index (χ2n) is 12.3. The summed E-state index contributed by atoms with van der Waals surface area (Å²) in [7, 11) is 0. The third-order valence-corrected chi connectivity index (χ3v) is 12.0. The Hall–Kier alpha value is -5.75. The molecule has 3 aromatic heterocycles. The molecular formula is C43H23N3S2. The van der Waals surface area contributed by atoms with Crippen LogP contribution in [0.4, 0.5) is 0 Å². The molecule has 0 amide bonds. The Morgan fingerprint density at radius 1 is 0.375 bits per heavy atom. The number of hydrogen-bond donors (Lipinski definition) is 0. The minimum absolute atomic E-state index is 0.673. The van der Waals surface area contributed by atoms with Crippen LogP contribution in [0, 0.1) is 0 Å². The highest BCUT2D eigenvalue weighted by Gasteiger charge is 2.26. The highest BCUT2D eigenvalue weighted by Crippen LogP contribution is 2.53. The van der Waals surface area contributed by atoms with Gasteiger partial charge in [0.15, 0.2) is 17.5 Å². The SMILES string of the molecule is c1ccc(-c2nc(-c3ccc4c(c3)sc3ccccc34)nc(-c3cccc4sc5c6c(ccc5c34)-c3cccc4cccc-6c34)n2)cc1. The number of hydrogen-bond acceptors (Lipinski definition) is 5. The molecule has 48 heavy (non-hydrogen) atoms. The highest BCUT2D eigenvalue weighted by molar-refractivity contribution is 7.26. The molecule has 0 atom stereocenters. The van der Waals surface area contributed by atoms with Gasteiger partial charge in [-0.1, -0.05) is 121 Å². The Bertz CT molecular complexity index is 2950. The normalized spacial score (nSPS) is 12.2. The maximum atomic E-state index is 5.22. The first-order valence-electron chi connectivity index (χ1n) is 16.0. The molecule has 10 aromatic rings. The van der Waals surface area contributed by atoms with Gasteiger partial charge >= 0.3 is 0 Å². The summed E-state index contributed by atoms with van der Waals surface area (Å²) < 4.78 is 5.06. The first-order valence-corrected chi connectivity index (χ1v) is 17.7. The Labute approximate surface area is 283 Å². The minimum atomic E-state index is 0.673. The molecule has 0 radical (unpaired) electrons. The first kappa shape index (κ1) is 26.3. The van der Waals surface area contributed by atoms with E-state index in [0.717, 1.165) is 16.7 Å². The van der Waals surface area contributed by atoms with Crippen molar-refractivity contribution in [2.45, 2.75) is 0 Å². The van der Waals surface area contributed by atoms with Gasteiger partial charge in [0.2, 0.25) is 0 Å². The summed E-state index contributed by atoms with van der Waals surface area (Å²) in [4.78, 5) is 15.4. The lowest BCUT2D eigenvalue weighted by atomic mass is 9.99. The zero-order valence-corrected chi connectivity index (χ0v) is 27.1. The molecule has 0 unspecified atom stereocenters. The van der Waals surface area contributed by atoms with Gasteiger partial charge in [-0.05, 0) is 45.7 Å². The molecule has 5 heteroatoms. The standard InChI is InChI=1S/C43H23N3S2/c1-2-9-25(10-3-1)41-44-42(26-19-20-28-27-13-4-5-17-34(27)47-36(28)23-26)46-43(45-41)33-16-8-18-35-38(33)32-22-21-30-29-14-6-11-24-12-7-15-31(37(24)29)39(30)40(32)48-35/h1-23H. The van der Waals surface area contributed by atoms with Gasteiger partial charge in [-0.25, -0.2) is 15.0 Å². The molecule has 0 saturated carbocycles. The van der Waals surface area contributed by atoms with E-state index in [-0.39, 0.29) is 0 Å². The van der Waals surface area contributed by atoms with Crippen molar-refractivity contribution in [2.24, 2.45) is 0 Å². The number of nitrogens with zero attached hydrogens (tertiary/aromatic N) is 3. The van der Waals surface area contributed by atoms with Crippen molar-refractivity contribution in [1.82, 2.24) is 15.0 Å². The largest absolute Gasteiger partial charge is 0.208 e. The van der Waals surface area contributed by atoms with Gasteiger partial charge in [0.05, 0.1) is 0 Å². The van der Waals surface area contributed by atoms with E-state index in [4.69, 9.17) is 15.0 Å². The quantitative estimate of drug-likeness (QED) is 0.192. The topological polar surface area (TPSA) is 38.7 Å². The van der Waals surface area contributed by atoms with Crippen molar-refractivity contribution in [2.75, 3.05) is 0 Å². The van der Waals surface area contributed by atoms with E-state index < -0.39 is 0 Å². The van der Waals surface area contributed by atoms with E-state index in [0.29, 0.717) is 17.5 Å². The van der Waals surface area contributed by atoms with Crippen LogP contribution in [0.15, 0.2) is 140 Å². The van der Waals surface area contributed by atoms with E-state index in [1.54, 1.807) is 0 Å².